The minimum Gasteiger partial charge on any atom is -0.481 e. The number of aromatic nitrogens is 4. The van der Waals surface area contributed by atoms with E-state index in [9.17, 15) is 4.79 Å². The number of nitrogens with zero attached hydrogens (tertiary/aromatic N) is 4. The fraction of sp³-hybridized carbons (Fsp3) is 0.353. The molecule has 0 aliphatic rings. The summed E-state index contributed by atoms with van der Waals surface area (Å²) in [6.45, 7) is 2.65. The van der Waals surface area contributed by atoms with Gasteiger partial charge in [0, 0.05) is 29.6 Å². The fourth-order valence-electron chi connectivity index (χ4n) is 2.61. The Balaban J connectivity index is 2.15. The van der Waals surface area contributed by atoms with Crippen molar-refractivity contribution >= 4 is 21.4 Å². The average Bonchev–Trinajstić information content (AvgIpc) is 3.04. The Morgan fingerprint density at radius 1 is 1.21 bits per heavy atom. The summed E-state index contributed by atoms with van der Waals surface area (Å²) in [6, 6.07) is 9.18. The van der Waals surface area contributed by atoms with Crippen LogP contribution in [0.3, 0.4) is 0 Å². The largest absolute Gasteiger partial charge is 0.481 e. The highest BCUT2D eigenvalue weighted by Crippen LogP contribution is 2.27. The minimum absolute atomic E-state index is 0.0908. The van der Waals surface area contributed by atoms with Crippen LogP contribution in [-0.2, 0) is 13.0 Å². The minimum atomic E-state index is -0.0908. The zero-order valence-corrected chi connectivity index (χ0v) is 15.3. The van der Waals surface area contributed by atoms with Crippen molar-refractivity contribution in [2.24, 2.45) is 0 Å². The molecule has 0 saturated heterocycles. The molecule has 0 aromatic carbocycles. The van der Waals surface area contributed by atoms with Crippen molar-refractivity contribution < 1.29 is 4.74 Å². The predicted octanol–water partition coefficient (Wildman–Crippen LogP) is 2.91. The summed E-state index contributed by atoms with van der Waals surface area (Å²) >= 11 is 3.39. The molecule has 3 rings (SSSR count). The maximum absolute atomic E-state index is 12.0. The van der Waals surface area contributed by atoms with Gasteiger partial charge in [-0.15, -0.1) is 0 Å². The molecule has 0 bridgehead atoms. The molecular weight excluding hydrogens is 372 g/mol. The van der Waals surface area contributed by atoms with Crippen LogP contribution in [0.4, 0.5) is 0 Å². The van der Waals surface area contributed by atoms with Crippen LogP contribution in [0.15, 0.2) is 35.1 Å². The number of hydrogen-bond donors (Lipinski definition) is 0. The van der Waals surface area contributed by atoms with Gasteiger partial charge in [0.2, 0.25) is 5.88 Å². The summed E-state index contributed by atoms with van der Waals surface area (Å²) in [5.41, 5.74) is 3.49. The first-order valence-electron chi connectivity index (χ1n) is 7.88. The third-order valence-corrected chi connectivity index (χ3v) is 4.42. The number of hydrogen-bond acceptors (Lipinski definition) is 4. The van der Waals surface area contributed by atoms with Gasteiger partial charge in [0.25, 0.3) is 5.56 Å². The average molecular weight is 391 g/mol. The molecular formula is C17H19BrN4O2. The van der Waals surface area contributed by atoms with Crippen molar-refractivity contribution in [1.82, 2.24) is 19.4 Å². The highest BCUT2D eigenvalue weighted by molar-refractivity contribution is 9.09. The molecule has 0 aliphatic heterocycles. The lowest BCUT2D eigenvalue weighted by atomic mass is 10.1. The van der Waals surface area contributed by atoms with E-state index in [0.717, 1.165) is 40.6 Å². The molecule has 3 heterocycles. The Kier molecular flexibility index (Phi) is 4.99. The first kappa shape index (κ1) is 16.7. The molecule has 6 nitrogen and oxygen atoms in total. The number of fused-ring (bicyclic) bond motifs is 1. The van der Waals surface area contributed by atoms with Crippen LogP contribution >= 0.6 is 15.9 Å². The first-order valence-corrected chi connectivity index (χ1v) is 9.00. The Hall–Kier alpha value is -2.15. The molecule has 24 heavy (non-hydrogen) atoms. The first-order chi connectivity index (χ1) is 11.7. The van der Waals surface area contributed by atoms with E-state index in [2.05, 4.69) is 33.1 Å². The molecule has 0 unspecified atom stereocenters. The van der Waals surface area contributed by atoms with Crippen molar-refractivity contribution in [2.75, 3.05) is 12.4 Å². The highest BCUT2D eigenvalue weighted by Gasteiger charge is 2.13. The summed E-state index contributed by atoms with van der Waals surface area (Å²) in [5.74, 6) is 0.668. The molecule has 0 saturated carbocycles. The molecule has 3 aromatic heterocycles. The summed E-state index contributed by atoms with van der Waals surface area (Å²) < 4.78 is 8.68. The van der Waals surface area contributed by atoms with E-state index in [-0.39, 0.29) is 5.56 Å². The van der Waals surface area contributed by atoms with Crippen molar-refractivity contribution in [1.29, 1.82) is 0 Å². The van der Waals surface area contributed by atoms with Crippen molar-refractivity contribution in [2.45, 2.75) is 26.3 Å². The van der Waals surface area contributed by atoms with Gasteiger partial charge in [-0.1, -0.05) is 22.9 Å². The van der Waals surface area contributed by atoms with Gasteiger partial charge in [-0.2, -0.15) is 10.2 Å². The lowest BCUT2D eigenvalue weighted by molar-refractivity contribution is 0.385. The second-order valence-corrected chi connectivity index (χ2v) is 6.19. The number of alkyl halides is 1. The van der Waals surface area contributed by atoms with E-state index < -0.39 is 0 Å². The van der Waals surface area contributed by atoms with Crippen molar-refractivity contribution in [3.8, 4) is 17.1 Å². The van der Waals surface area contributed by atoms with Crippen molar-refractivity contribution in [3.63, 3.8) is 0 Å². The molecule has 0 N–H and O–H groups in total. The maximum atomic E-state index is 12.0. The summed E-state index contributed by atoms with van der Waals surface area (Å²) in [6.07, 6.45) is 1.68. The van der Waals surface area contributed by atoms with Gasteiger partial charge in [0.1, 0.15) is 0 Å². The molecule has 7 heteroatoms. The van der Waals surface area contributed by atoms with E-state index >= 15 is 0 Å². The number of ether oxygens (including phenoxy) is 1. The lowest BCUT2D eigenvalue weighted by Crippen LogP contribution is -2.22. The lowest BCUT2D eigenvalue weighted by Gasteiger charge is -2.09. The Morgan fingerprint density at radius 2 is 2.04 bits per heavy atom. The Labute approximate surface area is 148 Å². The second-order valence-electron chi connectivity index (χ2n) is 5.40. The molecule has 126 valence electrons. The number of halogens is 1. The van der Waals surface area contributed by atoms with E-state index in [1.54, 1.807) is 23.8 Å². The summed E-state index contributed by atoms with van der Waals surface area (Å²) in [7, 11) is 1.63. The molecule has 3 aromatic rings. The van der Waals surface area contributed by atoms with Gasteiger partial charge in [-0.3, -0.25) is 4.79 Å². The number of pyridine rings is 1. The highest BCUT2D eigenvalue weighted by atomic mass is 79.9. The SMILES string of the molecule is CCc1cc2c(-c3ccc(=O)n(CCCBr)n3)ccc(OC)n2n1. The third kappa shape index (κ3) is 3.08. The second kappa shape index (κ2) is 7.17. The van der Waals surface area contributed by atoms with Crippen LogP contribution in [-0.4, -0.2) is 31.8 Å². The third-order valence-electron chi connectivity index (χ3n) is 3.85. The summed E-state index contributed by atoms with van der Waals surface area (Å²) in [5, 5.41) is 9.92. The topological polar surface area (TPSA) is 61.4 Å². The van der Waals surface area contributed by atoms with Crippen LogP contribution < -0.4 is 10.3 Å². The standard InChI is InChI=1S/C17H19BrN4O2/c1-3-12-11-15-13(5-8-17(24-2)22(15)19-12)14-6-7-16(23)21(20-14)10-4-9-18/h5-8,11H,3-4,9-10H2,1-2H3. The normalized spacial score (nSPS) is 11.1. The zero-order chi connectivity index (χ0) is 17.1. The Morgan fingerprint density at radius 3 is 2.75 bits per heavy atom. The molecule has 0 spiro atoms. The predicted molar refractivity (Wildman–Crippen MR) is 97.0 cm³/mol. The fourth-order valence-corrected chi connectivity index (χ4v) is 2.86. The van der Waals surface area contributed by atoms with Gasteiger partial charge in [0.15, 0.2) is 0 Å². The quantitative estimate of drug-likeness (QED) is 0.607. The summed E-state index contributed by atoms with van der Waals surface area (Å²) in [4.78, 5) is 12.0. The van der Waals surface area contributed by atoms with Gasteiger partial charge < -0.3 is 4.74 Å². The maximum Gasteiger partial charge on any atom is 0.266 e. The monoisotopic (exact) mass is 390 g/mol. The Bertz CT molecular complexity index is 917. The van der Waals surface area contributed by atoms with E-state index in [1.165, 1.54) is 4.68 Å². The smallest absolute Gasteiger partial charge is 0.266 e. The number of rotatable bonds is 6. The number of aryl methyl sites for hydroxylation is 2. The van der Waals surface area contributed by atoms with E-state index in [1.807, 2.05) is 18.2 Å². The van der Waals surface area contributed by atoms with Crippen LogP contribution in [0.5, 0.6) is 5.88 Å². The molecule has 0 amide bonds. The van der Waals surface area contributed by atoms with Gasteiger partial charge in [-0.25, -0.2) is 9.20 Å². The molecule has 0 aliphatic carbocycles. The van der Waals surface area contributed by atoms with E-state index in [4.69, 9.17) is 4.74 Å². The van der Waals surface area contributed by atoms with Gasteiger partial charge in [0.05, 0.1) is 24.0 Å². The van der Waals surface area contributed by atoms with Crippen LogP contribution in [0, 0.1) is 0 Å². The zero-order valence-electron chi connectivity index (χ0n) is 13.7. The van der Waals surface area contributed by atoms with Crippen LogP contribution in [0.2, 0.25) is 0 Å². The molecule has 0 fully saturated rings. The molecule has 0 radical (unpaired) electrons. The number of methoxy groups -OCH3 is 1. The van der Waals surface area contributed by atoms with E-state index in [0.29, 0.717) is 12.4 Å². The van der Waals surface area contributed by atoms with Gasteiger partial charge >= 0.3 is 0 Å². The van der Waals surface area contributed by atoms with Gasteiger partial charge in [-0.05, 0) is 31.0 Å². The van der Waals surface area contributed by atoms with Crippen LogP contribution in [0.1, 0.15) is 19.0 Å². The molecule has 0 atom stereocenters. The van der Waals surface area contributed by atoms with Crippen molar-refractivity contribution in [3.05, 3.63) is 46.4 Å². The van der Waals surface area contributed by atoms with Crippen LogP contribution in [0.25, 0.3) is 16.8 Å².